The predicted octanol–water partition coefficient (Wildman–Crippen LogP) is 3.39. The maximum atomic E-state index is 11.0. The zero-order valence-corrected chi connectivity index (χ0v) is 12.7. The molecule has 2 aliphatic rings. The summed E-state index contributed by atoms with van der Waals surface area (Å²) in [7, 11) is 0. The molecule has 19 heavy (non-hydrogen) atoms. The Morgan fingerprint density at radius 1 is 1.21 bits per heavy atom. The first-order valence-electron chi connectivity index (χ1n) is 7.91. The topological polar surface area (TPSA) is 40.5 Å². The van der Waals surface area contributed by atoms with Gasteiger partial charge in [0.15, 0.2) is 0 Å². The molecule has 1 atom stereocenters. The second kappa shape index (κ2) is 5.82. The molecule has 3 heteroatoms. The van der Waals surface area contributed by atoms with Crippen molar-refractivity contribution in [1.82, 2.24) is 4.90 Å². The molecule has 0 radical (unpaired) electrons. The Balaban J connectivity index is 1.83. The molecular formula is C16H29NO2. The van der Waals surface area contributed by atoms with Gasteiger partial charge in [-0.15, -0.1) is 0 Å². The average molecular weight is 267 g/mol. The van der Waals surface area contributed by atoms with Crippen LogP contribution in [-0.2, 0) is 4.79 Å². The number of nitrogens with zero attached hydrogens (tertiary/aromatic N) is 1. The van der Waals surface area contributed by atoms with Crippen molar-refractivity contribution in [3.05, 3.63) is 0 Å². The molecule has 0 amide bonds. The van der Waals surface area contributed by atoms with E-state index in [1.165, 1.54) is 32.1 Å². The van der Waals surface area contributed by atoms with Gasteiger partial charge < -0.3 is 5.11 Å². The Hall–Kier alpha value is -0.570. The summed E-state index contributed by atoms with van der Waals surface area (Å²) in [5.41, 5.74) is 0.472. The highest BCUT2D eigenvalue weighted by molar-refractivity contribution is 5.70. The van der Waals surface area contributed by atoms with E-state index in [-0.39, 0.29) is 5.92 Å². The second-order valence-electron chi connectivity index (χ2n) is 7.17. The molecule has 1 aliphatic carbocycles. The van der Waals surface area contributed by atoms with Crippen LogP contribution in [0.2, 0.25) is 0 Å². The molecule has 0 bridgehead atoms. The van der Waals surface area contributed by atoms with Crippen LogP contribution in [0.15, 0.2) is 0 Å². The molecule has 0 aromatic rings. The van der Waals surface area contributed by atoms with Gasteiger partial charge in [0.2, 0.25) is 0 Å². The Labute approximate surface area is 117 Å². The fourth-order valence-corrected chi connectivity index (χ4v) is 3.83. The lowest BCUT2D eigenvalue weighted by molar-refractivity contribution is -0.141. The standard InChI is InChI=1S/C16H29NO2/c1-4-16(2,3)13-5-7-14(8-6-13)17-10-9-12(11-17)15(18)19/h12-14H,4-11H2,1-3H3,(H,18,19). The van der Waals surface area contributed by atoms with E-state index in [1.54, 1.807) is 0 Å². The van der Waals surface area contributed by atoms with E-state index in [0.29, 0.717) is 11.5 Å². The molecule has 2 fully saturated rings. The lowest BCUT2D eigenvalue weighted by atomic mass is 9.68. The second-order valence-corrected chi connectivity index (χ2v) is 7.17. The van der Waals surface area contributed by atoms with E-state index in [4.69, 9.17) is 5.11 Å². The van der Waals surface area contributed by atoms with Crippen molar-refractivity contribution in [1.29, 1.82) is 0 Å². The highest BCUT2D eigenvalue weighted by atomic mass is 16.4. The van der Waals surface area contributed by atoms with Gasteiger partial charge >= 0.3 is 5.97 Å². The number of carbonyl (C=O) groups is 1. The number of aliphatic carboxylic acids is 1. The molecule has 1 saturated heterocycles. The van der Waals surface area contributed by atoms with Gasteiger partial charge in [-0.1, -0.05) is 27.2 Å². The first-order valence-corrected chi connectivity index (χ1v) is 7.91. The summed E-state index contributed by atoms with van der Waals surface area (Å²) < 4.78 is 0. The quantitative estimate of drug-likeness (QED) is 0.849. The van der Waals surface area contributed by atoms with Crippen molar-refractivity contribution in [2.75, 3.05) is 13.1 Å². The maximum Gasteiger partial charge on any atom is 0.307 e. The minimum atomic E-state index is -0.608. The third-order valence-corrected chi connectivity index (χ3v) is 5.80. The van der Waals surface area contributed by atoms with Crippen LogP contribution in [0.5, 0.6) is 0 Å². The molecule has 3 nitrogen and oxygen atoms in total. The summed E-state index contributed by atoms with van der Waals surface area (Å²) in [6, 6.07) is 0.647. The van der Waals surface area contributed by atoms with Gasteiger partial charge in [0.05, 0.1) is 5.92 Å². The molecule has 1 N–H and O–H groups in total. The summed E-state index contributed by atoms with van der Waals surface area (Å²) >= 11 is 0. The normalized spacial score (nSPS) is 33.5. The van der Waals surface area contributed by atoms with E-state index in [1.807, 2.05) is 0 Å². The summed E-state index contributed by atoms with van der Waals surface area (Å²) in [4.78, 5) is 13.5. The molecule has 1 aliphatic heterocycles. The smallest absolute Gasteiger partial charge is 0.307 e. The van der Waals surface area contributed by atoms with Crippen LogP contribution in [0.1, 0.15) is 59.3 Å². The molecule has 1 heterocycles. The van der Waals surface area contributed by atoms with Crippen molar-refractivity contribution >= 4 is 5.97 Å². The zero-order chi connectivity index (χ0) is 14.0. The number of hydrogen-bond acceptors (Lipinski definition) is 2. The van der Waals surface area contributed by atoms with Crippen LogP contribution < -0.4 is 0 Å². The van der Waals surface area contributed by atoms with Gasteiger partial charge in [-0.2, -0.15) is 0 Å². The lowest BCUT2D eigenvalue weighted by Gasteiger charge is -2.41. The van der Waals surface area contributed by atoms with Crippen LogP contribution in [0.25, 0.3) is 0 Å². The third-order valence-electron chi connectivity index (χ3n) is 5.80. The summed E-state index contributed by atoms with van der Waals surface area (Å²) in [6.07, 6.45) is 7.27. The maximum absolute atomic E-state index is 11.0. The van der Waals surface area contributed by atoms with Gasteiger partial charge in [0.1, 0.15) is 0 Å². The molecule has 0 aromatic carbocycles. The highest BCUT2D eigenvalue weighted by Gasteiger charge is 2.37. The predicted molar refractivity (Wildman–Crippen MR) is 77.1 cm³/mol. The number of hydrogen-bond donors (Lipinski definition) is 1. The van der Waals surface area contributed by atoms with Crippen molar-refractivity contribution in [3.8, 4) is 0 Å². The first kappa shape index (κ1) is 14.8. The molecule has 0 spiro atoms. The molecule has 1 unspecified atom stereocenters. The first-order chi connectivity index (χ1) is 8.94. The summed E-state index contributed by atoms with van der Waals surface area (Å²) in [6.45, 7) is 8.86. The van der Waals surface area contributed by atoms with Crippen molar-refractivity contribution in [2.24, 2.45) is 17.3 Å². The van der Waals surface area contributed by atoms with E-state index in [0.717, 1.165) is 25.4 Å². The van der Waals surface area contributed by atoms with Crippen LogP contribution in [0.4, 0.5) is 0 Å². The number of carboxylic acid groups (broad SMARTS) is 1. The van der Waals surface area contributed by atoms with Gasteiger partial charge in [0.25, 0.3) is 0 Å². The third kappa shape index (κ3) is 3.31. The van der Waals surface area contributed by atoms with E-state index >= 15 is 0 Å². The van der Waals surface area contributed by atoms with E-state index in [9.17, 15) is 4.79 Å². The highest BCUT2D eigenvalue weighted by Crippen LogP contribution is 2.42. The SMILES string of the molecule is CCC(C)(C)C1CCC(N2CCC(C(=O)O)C2)CC1. The van der Waals surface area contributed by atoms with Gasteiger partial charge in [-0.25, -0.2) is 0 Å². The summed E-state index contributed by atoms with van der Waals surface area (Å²) in [5.74, 6) is 0.125. The molecule has 0 aromatic heterocycles. The largest absolute Gasteiger partial charge is 0.481 e. The zero-order valence-electron chi connectivity index (χ0n) is 12.7. The van der Waals surface area contributed by atoms with Crippen LogP contribution in [0.3, 0.4) is 0 Å². The average Bonchev–Trinajstić information content (AvgIpc) is 2.88. The monoisotopic (exact) mass is 267 g/mol. The van der Waals surface area contributed by atoms with Crippen molar-refractivity contribution in [3.63, 3.8) is 0 Å². The van der Waals surface area contributed by atoms with Crippen LogP contribution in [-0.4, -0.2) is 35.1 Å². The molecule has 1 saturated carbocycles. The number of rotatable bonds is 4. The Bertz CT molecular complexity index is 319. The van der Waals surface area contributed by atoms with E-state index < -0.39 is 5.97 Å². The number of likely N-dealkylation sites (tertiary alicyclic amines) is 1. The minimum Gasteiger partial charge on any atom is -0.481 e. The number of carboxylic acids is 1. The Morgan fingerprint density at radius 2 is 1.84 bits per heavy atom. The van der Waals surface area contributed by atoms with Crippen molar-refractivity contribution in [2.45, 2.75) is 65.3 Å². The molecule has 110 valence electrons. The lowest BCUT2D eigenvalue weighted by Crippen LogP contribution is -2.39. The van der Waals surface area contributed by atoms with E-state index in [2.05, 4.69) is 25.7 Å². The van der Waals surface area contributed by atoms with Crippen LogP contribution in [0, 0.1) is 17.3 Å². The summed E-state index contributed by atoms with van der Waals surface area (Å²) in [5, 5.41) is 9.08. The van der Waals surface area contributed by atoms with Gasteiger partial charge in [-0.05, 0) is 50.0 Å². The minimum absolute atomic E-state index is 0.121. The fourth-order valence-electron chi connectivity index (χ4n) is 3.83. The van der Waals surface area contributed by atoms with Gasteiger partial charge in [0, 0.05) is 12.6 Å². The fraction of sp³-hybridized carbons (Fsp3) is 0.938. The van der Waals surface area contributed by atoms with Gasteiger partial charge in [-0.3, -0.25) is 9.69 Å². The molecular weight excluding hydrogens is 238 g/mol. The molecule has 2 rings (SSSR count). The Kier molecular flexibility index (Phi) is 4.54. The van der Waals surface area contributed by atoms with Crippen molar-refractivity contribution < 1.29 is 9.90 Å². The Morgan fingerprint density at radius 3 is 2.32 bits per heavy atom. The van der Waals surface area contributed by atoms with Crippen LogP contribution >= 0.6 is 0 Å².